The molecule has 2 aromatic carbocycles. The van der Waals surface area contributed by atoms with Gasteiger partial charge in [-0.1, -0.05) is 0 Å². The van der Waals surface area contributed by atoms with Crippen LogP contribution >= 0.6 is 0 Å². The number of aliphatic hydroxyl groups is 4. The Morgan fingerprint density at radius 1 is 0.909 bits per heavy atom. The Balaban J connectivity index is 1.92. The highest BCUT2D eigenvalue weighted by atomic mass is 16.7. The van der Waals surface area contributed by atoms with Crippen molar-refractivity contribution >= 4 is 11.0 Å². The third-order valence-corrected chi connectivity index (χ3v) is 5.28. The number of benzene rings is 2. The first-order valence-corrected chi connectivity index (χ1v) is 9.65. The lowest BCUT2D eigenvalue weighted by Crippen LogP contribution is -2.60. The Hall–Kier alpha value is -3.55. The zero-order chi connectivity index (χ0) is 24.0. The first-order valence-electron chi connectivity index (χ1n) is 9.65. The second-order valence-corrected chi connectivity index (χ2v) is 7.42. The van der Waals surface area contributed by atoms with Gasteiger partial charge in [-0.15, -0.1) is 0 Å². The molecule has 12 heteroatoms. The summed E-state index contributed by atoms with van der Waals surface area (Å²) in [4.78, 5) is 13.3. The van der Waals surface area contributed by atoms with E-state index in [-0.39, 0.29) is 22.7 Å². The predicted molar refractivity (Wildman–Crippen MR) is 109 cm³/mol. The molecule has 12 nitrogen and oxygen atoms in total. The minimum Gasteiger partial charge on any atom is -0.508 e. The van der Waals surface area contributed by atoms with Gasteiger partial charge in [0.1, 0.15) is 41.1 Å². The molecular weight excluding hydrogens is 444 g/mol. The molecule has 3 aromatic rings. The van der Waals surface area contributed by atoms with E-state index in [0.29, 0.717) is 0 Å². The molecule has 0 unspecified atom stereocenters. The number of rotatable bonds is 4. The van der Waals surface area contributed by atoms with E-state index in [1.54, 1.807) is 0 Å². The molecule has 0 radical (unpaired) electrons. The van der Waals surface area contributed by atoms with Crippen molar-refractivity contribution in [3.8, 4) is 40.1 Å². The highest BCUT2D eigenvalue weighted by molar-refractivity contribution is 5.91. The van der Waals surface area contributed by atoms with Crippen LogP contribution in [0.2, 0.25) is 0 Å². The van der Waals surface area contributed by atoms with E-state index in [4.69, 9.17) is 13.9 Å². The summed E-state index contributed by atoms with van der Waals surface area (Å²) in [5, 5.41) is 78.5. The van der Waals surface area contributed by atoms with E-state index in [2.05, 4.69) is 0 Å². The van der Waals surface area contributed by atoms with Crippen LogP contribution in [0.25, 0.3) is 22.3 Å². The smallest absolute Gasteiger partial charge is 0.239 e. The molecule has 1 aliphatic rings. The van der Waals surface area contributed by atoms with Crippen molar-refractivity contribution in [3.05, 3.63) is 40.6 Å². The molecule has 8 N–H and O–H groups in total. The summed E-state index contributed by atoms with van der Waals surface area (Å²) in [7, 11) is 0. The molecule has 0 bridgehead atoms. The van der Waals surface area contributed by atoms with E-state index in [9.17, 15) is 45.6 Å². The highest BCUT2D eigenvalue weighted by Gasteiger charge is 2.45. The number of ether oxygens (including phenoxy) is 2. The molecule has 1 aliphatic heterocycles. The number of hydrogen-bond acceptors (Lipinski definition) is 12. The van der Waals surface area contributed by atoms with Crippen molar-refractivity contribution in [2.75, 3.05) is 6.61 Å². The van der Waals surface area contributed by atoms with Gasteiger partial charge < -0.3 is 54.7 Å². The number of aliphatic hydroxyl groups excluding tert-OH is 4. The largest absolute Gasteiger partial charge is 0.508 e. The van der Waals surface area contributed by atoms with Crippen LogP contribution in [0.15, 0.2) is 39.5 Å². The standard InChI is InChI=1S/C21H20O12/c22-6-11-14(26)17(29)18(30)21(32-11)33-20-16(28)12-10(5-9(24)13(25)15(12)27)31-19(20)7-1-3-8(23)4-2-7/h1-5,11,14,17-18,21-27,29-30H,6H2/t11-,14-,17+,18-,21-/m1/s1. The minimum atomic E-state index is -1.85. The van der Waals surface area contributed by atoms with E-state index in [0.717, 1.165) is 6.07 Å². The lowest BCUT2D eigenvalue weighted by atomic mass is 9.99. The summed E-state index contributed by atoms with van der Waals surface area (Å²) in [5.74, 6) is -3.73. The lowest BCUT2D eigenvalue weighted by Gasteiger charge is -2.39. The molecule has 0 saturated carbocycles. The van der Waals surface area contributed by atoms with Crippen molar-refractivity contribution in [2.24, 2.45) is 0 Å². The fraction of sp³-hybridized carbons (Fsp3) is 0.286. The molecule has 1 fully saturated rings. The van der Waals surface area contributed by atoms with E-state index in [1.165, 1.54) is 24.3 Å². The topological polar surface area (TPSA) is 211 Å². The van der Waals surface area contributed by atoms with Crippen molar-refractivity contribution in [1.82, 2.24) is 0 Å². The summed E-state index contributed by atoms with van der Waals surface area (Å²) in [5.41, 5.74) is -1.17. The first kappa shape index (κ1) is 22.6. The Kier molecular flexibility index (Phi) is 5.78. The molecule has 176 valence electrons. The fourth-order valence-electron chi connectivity index (χ4n) is 3.48. The molecule has 0 aliphatic carbocycles. The normalized spacial score (nSPS) is 25.3. The highest BCUT2D eigenvalue weighted by Crippen LogP contribution is 2.43. The minimum absolute atomic E-state index is 0.0986. The predicted octanol–water partition coefficient (Wildman–Crippen LogP) is -0.539. The van der Waals surface area contributed by atoms with E-state index < -0.39 is 71.1 Å². The molecule has 1 aromatic heterocycles. The molecular formula is C21H20O12. The number of phenols is 4. The Labute approximate surface area is 184 Å². The van der Waals surface area contributed by atoms with Gasteiger partial charge in [-0.2, -0.15) is 0 Å². The summed E-state index contributed by atoms with van der Waals surface area (Å²) in [6.45, 7) is -0.740. The molecule has 0 spiro atoms. The van der Waals surface area contributed by atoms with Crippen LogP contribution < -0.4 is 10.2 Å². The van der Waals surface area contributed by atoms with Gasteiger partial charge in [0, 0.05) is 11.6 Å². The fourth-order valence-corrected chi connectivity index (χ4v) is 3.48. The second-order valence-electron chi connectivity index (χ2n) is 7.42. The maximum Gasteiger partial charge on any atom is 0.239 e. The number of aromatic hydroxyl groups is 4. The van der Waals surface area contributed by atoms with Crippen LogP contribution in [0.1, 0.15) is 0 Å². The molecule has 0 amide bonds. The van der Waals surface area contributed by atoms with Gasteiger partial charge in [-0.3, -0.25) is 4.79 Å². The van der Waals surface area contributed by atoms with E-state index in [1.807, 2.05) is 0 Å². The molecule has 2 heterocycles. The van der Waals surface area contributed by atoms with Crippen LogP contribution in [0, 0.1) is 0 Å². The van der Waals surface area contributed by atoms with E-state index >= 15 is 0 Å². The van der Waals surface area contributed by atoms with Gasteiger partial charge in [0.2, 0.25) is 23.2 Å². The van der Waals surface area contributed by atoms with Crippen molar-refractivity contribution in [2.45, 2.75) is 30.7 Å². The molecule has 4 rings (SSSR count). The number of fused-ring (bicyclic) bond motifs is 1. The van der Waals surface area contributed by atoms with Gasteiger partial charge in [0.05, 0.1) is 6.61 Å². The lowest BCUT2D eigenvalue weighted by molar-refractivity contribution is -0.277. The summed E-state index contributed by atoms with van der Waals surface area (Å²) >= 11 is 0. The Morgan fingerprint density at radius 3 is 2.21 bits per heavy atom. The van der Waals surface area contributed by atoms with Crippen molar-refractivity contribution < 1.29 is 54.7 Å². The Bertz CT molecular complexity index is 1230. The average Bonchev–Trinajstić information content (AvgIpc) is 2.79. The summed E-state index contributed by atoms with van der Waals surface area (Å²) in [6.07, 6.45) is -8.40. The monoisotopic (exact) mass is 464 g/mol. The van der Waals surface area contributed by atoms with Crippen LogP contribution in [-0.2, 0) is 4.74 Å². The first-order chi connectivity index (χ1) is 15.6. The van der Waals surface area contributed by atoms with Gasteiger partial charge >= 0.3 is 0 Å². The van der Waals surface area contributed by atoms with Crippen LogP contribution in [0.3, 0.4) is 0 Å². The quantitative estimate of drug-likeness (QED) is 0.229. The summed E-state index contributed by atoms with van der Waals surface area (Å²) in [6, 6.07) is 6.18. The third-order valence-electron chi connectivity index (χ3n) is 5.28. The van der Waals surface area contributed by atoms with Crippen LogP contribution in [0.4, 0.5) is 0 Å². The SMILES string of the molecule is O=c1c(O[C@H]2O[C@H](CO)[C@@H](O)[C@H](O)[C@H]2O)c(-c2ccc(O)cc2)oc2cc(O)c(O)c(O)c12. The second kappa shape index (κ2) is 8.42. The molecule has 33 heavy (non-hydrogen) atoms. The molecule has 5 atom stereocenters. The van der Waals surface area contributed by atoms with Gasteiger partial charge in [-0.25, -0.2) is 0 Å². The van der Waals surface area contributed by atoms with Gasteiger partial charge in [0.25, 0.3) is 0 Å². The zero-order valence-corrected chi connectivity index (χ0v) is 16.7. The zero-order valence-electron chi connectivity index (χ0n) is 16.7. The Morgan fingerprint density at radius 2 is 1.58 bits per heavy atom. The number of phenolic OH excluding ortho intramolecular Hbond substituents is 4. The summed E-state index contributed by atoms with van der Waals surface area (Å²) < 4.78 is 16.5. The van der Waals surface area contributed by atoms with Crippen LogP contribution in [0.5, 0.6) is 28.7 Å². The van der Waals surface area contributed by atoms with Crippen LogP contribution in [-0.4, -0.2) is 78.2 Å². The van der Waals surface area contributed by atoms with Crippen molar-refractivity contribution in [3.63, 3.8) is 0 Å². The molecule has 1 saturated heterocycles. The number of hydrogen-bond donors (Lipinski definition) is 8. The van der Waals surface area contributed by atoms with Crippen molar-refractivity contribution in [1.29, 1.82) is 0 Å². The van der Waals surface area contributed by atoms with Gasteiger partial charge in [0.15, 0.2) is 17.3 Å². The third kappa shape index (κ3) is 3.79. The average molecular weight is 464 g/mol. The van der Waals surface area contributed by atoms with Gasteiger partial charge in [-0.05, 0) is 24.3 Å². The maximum atomic E-state index is 13.3. The maximum absolute atomic E-state index is 13.3.